The lowest BCUT2D eigenvalue weighted by atomic mass is 10.2. The van der Waals surface area contributed by atoms with E-state index in [2.05, 4.69) is 10.3 Å². The molecule has 1 heterocycles. The number of thioether (sulfide) groups is 1. The van der Waals surface area contributed by atoms with E-state index < -0.39 is 5.25 Å². The van der Waals surface area contributed by atoms with Crippen molar-refractivity contribution in [2.75, 3.05) is 11.9 Å². The first-order chi connectivity index (χ1) is 9.60. The highest BCUT2D eigenvalue weighted by Crippen LogP contribution is 2.26. The third kappa shape index (κ3) is 3.51. The second kappa shape index (κ2) is 6.42. The van der Waals surface area contributed by atoms with Crippen LogP contribution in [-0.2, 0) is 9.59 Å². The van der Waals surface area contributed by atoms with Gasteiger partial charge in [-0.05, 0) is 19.1 Å². The number of carbonyl (C=O) groups excluding carboxylic acids is 2. The lowest BCUT2D eigenvalue weighted by Gasteiger charge is -2.12. The van der Waals surface area contributed by atoms with E-state index in [0.29, 0.717) is 18.0 Å². The fraction of sp³-hybridized carbons (Fsp3) is 0.308. The molecule has 0 radical (unpaired) electrons. The molecule has 3 N–H and O–H groups in total. The van der Waals surface area contributed by atoms with Crippen LogP contribution in [0.3, 0.4) is 0 Å². The van der Waals surface area contributed by atoms with E-state index in [1.165, 1.54) is 0 Å². The Morgan fingerprint density at radius 3 is 2.90 bits per heavy atom. The quantitative estimate of drug-likeness (QED) is 0.855. The molecule has 6 nitrogen and oxygen atoms in total. The van der Waals surface area contributed by atoms with Gasteiger partial charge in [0.25, 0.3) is 5.91 Å². The zero-order valence-electron chi connectivity index (χ0n) is 11.0. The summed E-state index contributed by atoms with van der Waals surface area (Å²) in [5, 5.41) is 2.41. The van der Waals surface area contributed by atoms with Crippen LogP contribution in [-0.4, -0.2) is 28.8 Å². The number of hydrogen-bond acceptors (Lipinski definition) is 5. The van der Waals surface area contributed by atoms with E-state index in [1.54, 1.807) is 18.2 Å². The zero-order chi connectivity index (χ0) is 14.5. The summed E-state index contributed by atoms with van der Waals surface area (Å²) in [6, 6.07) is 7.15. The molecule has 1 aromatic carbocycles. The highest BCUT2D eigenvalue weighted by atomic mass is 32.2. The minimum Gasteiger partial charge on any atom is -0.492 e. The summed E-state index contributed by atoms with van der Waals surface area (Å²) in [7, 11) is 0. The smallest absolute Gasteiger partial charge is 0.262 e. The third-order valence-electron chi connectivity index (χ3n) is 2.59. The Morgan fingerprint density at radius 2 is 2.25 bits per heavy atom. The largest absolute Gasteiger partial charge is 0.492 e. The highest BCUT2D eigenvalue weighted by molar-refractivity contribution is 8.15. The Hall–Kier alpha value is -2.02. The highest BCUT2D eigenvalue weighted by Gasteiger charge is 2.29. The van der Waals surface area contributed by atoms with Crippen LogP contribution in [0.1, 0.15) is 13.3 Å². The number of benzene rings is 1. The molecule has 0 aliphatic carbocycles. The van der Waals surface area contributed by atoms with Crippen LogP contribution in [0, 0.1) is 0 Å². The normalized spacial score (nSPS) is 17.8. The maximum atomic E-state index is 12.0. The van der Waals surface area contributed by atoms with Gasteiger partial charge in [-0.3, -0.25) is 9.59 Å². The summed E-state index contributed by atoms with van der Waals surface area (Å²) < 4.78 is 5.42. The molecule has 0 fully saturated rings. The van der Waals surface area contributed by atoms with Crippen molar-refractivity contribution < 1.29 is 14.3 Å². The molecule has 2 amide bonds. The predicted molar refractivity (Wildman–Crippen MR) is 78.9 cm³/mol. The SMILES string of the molecule is CCOc1ccccc1NC(=O)C[C@@H]1SC(N)=NC1=O. The van der Waals surface area contributed by atoms with E-state index >= 15 is 0 Å². The van der Waals surface area contributed by atoms with Crippen LogP contribution in [0.5, 0.6) is 5.75 Å². The number of ether oxygens (including phenoxy) is 1. The van der Waals surface area contributed by atoms with E-state index in [4.69, 9.17) is 10.5 Å². The summed E-state index contributed by atoms with van der Waals surface area (Å²) in [6.45, 7) is 2.38. The first-order valence-electron chi connectivity index (χ1n) is 6.16. The molecule has 7 heteroatoms. The van der Waals surface area contributed by atoms with E-state index in [0.717, 1.165) is 11.8 Å². The molecule has 0 saturated heterocycles. The second-order valence-corrected chi connectivity index (χ2v) is 5.30. The fourth-order valence-electron chi connectivity index (χ4n) is 1.75. The summed E-state index contributed by atoms with van der Waals surface area (Å²) in [5.41, 5.74) is 6.03. The van der Waals surface area contributed by atoms with Gasteiger partial charge in [-0.2, -0.15) is 4.99 Å². The zero-order valence-corrected chi connectivity index (χ0v) is 11.8. The molecule has 1 atom stereocenters. The van der Waals surface area contributed by atoms with Crippen molar-refractivity contribution in [1.82, 2.24) is 0 Å². The van der Waals surface area contributed by atoms with Gasteiger partial charge >= 0.3 is 0 Å². The molecule has 20 heavy (non-hydrogen) atoms. The Balaban J connectivity index is 1.97. The van der Waals surface area contributed by atoms with Crippen molar-refractivity contribution >= 4 is 34.4 Å². The molecule has 1 aliphatic heterocycles. The van der Waals surface area contributed by atoms with Gasteiger partial charge in [0.1, 0.15) is 11.0 Å². The Kier molecular flexibility index (Phi) is 4.62. The van der Waals surface area contributed by atoms with E-state index in [1.807, 2.05) is 13.0 Å². The third-order valence-corrected chi connectivity index (χ3v) is 3.58. The number of nitrogens with zero attached hydrogens (tertiary/aromatic N) is 1. The first kappa shape index (κ1) is 14.4. The number of nitrogens with one attached hydrogen (secondary N) is 1. The monoisotopic (exact) mass is 293 g/mol. The number of nitrogens with two attached hydrogens (primary N) is 1. The molecule has 0 unspecified atom stereocenters. The molecular weight excluding hydrogens is 278 g/mol. The maximum Gasteiger partial charge on any atom is 0.262 e. The Morgan fingerprint density at radius 1 is 1.50 bits per heavy atom. The number of rotatable bonds is 5. The minimum absolute atomic E-state index is 0.0359. The van der Waals surface area contributed by atoms with Gasteiger partial charge in [-0.15, -0.1) is 0 Å². The number of hydrogen-bond donors (Lipinski definition) is 2. The van der Waals surface area contributed by atoms with Crippen molar-refractivity contribution in [3.05, 3.63) is 24.3 Å². The van der Waals surface area contributed by atoms with Crippen molar-refractivity contribution in [2.24, 2.45) is 10.7 Å². The molecule has 0 aromatic heterocycles. The summed E-state index contributed by atoms with van der Waals surface area (Å²) in [5.74, 6) is -0.0295. The van der Waals surface area contributed by atoms with Crippen LogP contribution < -0.4 is 15.8 Å². The molecule has 0 bridgehead atoms. The van der Waals surface area contributed by atoms with E-state index in [-0.39, 0.29) is 23.4 Å². The average Bonchev–Trinajstić information content (AvgIpc) is 2.70. The number of anilines is 1. The lowest BCUT2D eigenvalue weighted by Crippen LogP contribution is -2.22. The molecular formula is C13H15N3O3S. The number of carbonyl (C=O) groups is 2. The minimum atomic E-state index is -0.533. The second-order valence-electron chi connectivity index (χ2n) is 4.08. The summed E-state index contributed by atoms with van der Waals surface area (Å²) in [6.07, 6.45) is 0.0359. The van der Waals surface area contributed by atoms with Crippen LogP contribution in [0.2, 0.25) is 0 Å². The van der Waals surface area contributed by atoms with Crippen molar-refractivity contribution in [3.63, 3.8) is 0 Å². The van der Waals surface area contributed by atoms with E-state index in [9.17, 15) is 9.59 Å². The molecule has 0 spiro atoms. The van der Waals surface area contributed by atoms with Crippen LogP contribution in [0.4, 0.5) is 5.69 Å². The van der Waals surface area contributed by atoms with Crippen molar-refractivity contribution in [3.8, 4) is 5.75 Å². The first-order valence-corrected chi connectivity index (χ1v) is 7.04. The molecule has 0 saturated carbocycles. The maximum absolute atomic E-state index is 12.0. The number of aliphatic imine (C=N–C) groups is 1. The summed E-state index contributed by atoms with van der Waals surface area (Å²) >= 11 is 1.11. The van der Waals surface area contributed by atoms with Gasteiger partial charge in [-0.25, -0.2) is 0 Å². The van der Waals surface area contributed by atoms with Crippen molar-refractivity contribution in [1.29, 1.82) is 0 Å². The van der Waals surface area contributed by atoms with Crippen LogP contribution in [0.25, 0.3) is 0 Å². The van der Waals surface area contributed by atoms with Crippen LogP contribution >= 0.6 is 11.8 Å². The van der Waals surface area contributed by atoms with Gasteiger partial charge in [-0.1, -0.05) is 23.9 Å². The number of para-hydroxylation sites is 2. The standard InChI is InChI=1S/C13H15N3O3S/c1-2-19-9-6-4-3-5-8(9)15-11(17)7-10-12(18)16-13(14)20-10/h3-6,10H,2,7H2,1H3,(H,15,17)(H2,14,16,18)/t10-/m0/s1. The van der Waals surface area contributed by atoms with Crippen molar-refractivity contribution in [2.45, 2.75) is 18.6 Å². The van der Waals surface area contributed by atoms with Gasteiger partial charge in [0.05, 0.1) is 12.3 Å². The van der Waals surface area contributed by atoms with Gasteiger partial charge in [0, 0.05) is 6.42 Å². The number of amides is 2. The van der Waals surface area contributed by atoms with Gasteiger partial charge in [0.15, 0.2) is 5.17 Å². The summed E-state index contributed by atoms with van der Waals surface area (Å²) in [4.78, 5) is 27.0. The predicted octanol–water partition coefficient (Wildman–Crippen LogP) is 1.37. The fourth-order valence-corrected chi connectivity index (χ4v) is 2.58. The lowest BCUT2D eigenvalue weighted by molar-refractivity contribution is -0.121. The topological polar surface area (TPSA) is 93.8 Å². The number of amidine groups is 1. The average molecular weight is 293 g/mol. The Bertz CT molecular complexity index is 560. The van der Waals surface area contributed by atoms with Crippen LogP contribution in [0.15, 0.2) is 29.3 Å². The van der Waals surface area contributed by atoms with Gasteiger partial charge < -0.3 is 15.8 Å². The van der Waals surface area contributed by atoms with Gasteiger partial charge in [0.2, 0.25) is 5.91 Å². The molecule has 1 aliphatic rings. The molecule has 106 valence electrons. The molecule has 2 rings (SSSR count). The molecule has 1 aromatic rings. The Labute approximate surface area is 120 Å².